The van der Waals surface area contributed by atoms with Crippen LogP contribution in [0.15, 0.2) is 0 Å². The van der Waals surface area contributed by atoms with Crippen molar-refractivity contribution in [3.63, 3.8) is 0 Å². The average molecular weight is 724 g/mol. The van der Waals surface area contributed by atoms with Gasteiger partial charge in [-0.1, -0.05) is 22.6 Å². The molecular formula is C13H4F23I. The van der Waals surface area contributed by atoms with E-state index >= 15 is 0 Å². The van der Waals surface area contributed by atoms with E-state index < -0.39 is 69.3 Å². The molecular weight excluding hydrogens is 720 g/mol. The standard InChI is InChI=1S/C13H4F23I/c1-2(37)3(14,15)5(17,18)7(21,22)9(25,26)11(29,30)10(27,28)8(23,24)6(19,20)4(16,12(31,32)33)13(34,35)36/h2H,1H3. The summed E-state index contributed by atoms with van der Waals surface area (Å²) in [5.74, 6) is -69.9. The van der Waals surface area contributed by atoms with Crippen molar-refractivity contribution in [2.24, 2.45) is 0 Å². The van der Waals surface area contributed by atoms with Gasteiger partial charge < -0.3 is 0 Å². The lowest BCUT2D eigenvalue weighted by molar-refractivity contribution is -0.481. The largest absolute Gasteiger partial charge is 0.438 e. The predicted octanol–water partition coefficient (Wildman–Crippen LogP) is 8.73. The molecule has 0 heterocycles. The molecule has 0 rings (SSSR count). The molecule has 0 aliphatic carbocycles. The maximum absolute atomic E-state index is 13.5. The first-order valence-corrected chi connectivity index (χ1v) is 9.18. The topological polar surface area (TPSA) is 0 Å². The molecule has 0 saturated carbocycles. The van der Waals surface area contributed by atoms with Gasteiger partial charge in [-0.2, -0.15) is 96.6 Å². The van der Waals surface area contributed by atoms with Crippen LogP contribution in [0.25, 0.3) is 0 Å². The summed E-state index contributed by atoms with van der Waals surface area (Å²) in [5.41, 5.74) is -9.00. The second-order valence-electron chi connectivity index (χ2n) is 6.91. The second-order valence-corrected chi connectivity index (χ2v) is 8.78. The van der Waals surface area contributed by atoms with Crippen LogP contribution in [0.4, 0.5) is 101 Å². The van der Waals surface area contributed by atoms with Crippen LogP contribution in [-0.2, 0) is 0 Å². The van der Waals surface area contributed by atoms with Gasteiger partial charge in [0.15, 0.2) is 0 Å². The van der Waals surface area contributed by atoms with Crippen molar-refractivity contribution in [2.75, 3.05) is 0 Å². The van der Waals surface area contributed by atoms with Gasteiger partial charge in [-0.25, -0.2) is 4.39 Å². The van der Waals surface area contributed by atoms with E-state index in [4.69, 9.17) is 0 Å². The quantitative estimate of drug-likeness (QED) is 0.127. The zero-order valence-corrected chi connectivity index (χ0v) is 18.3. The maximum Gasteiger partial charge on any atom is 0.438 e. The predicted molar refractivity (Wildman–Crippen MR) is 79.0 cm³/mol. The Morgan fingerprint density at radius 2 is 0.541 bits per heavy atom. The molecule has 0 aliphatic rings. The summed E-state index contributed by atoms with van der Waals surface area (Å²) in [6.45, 7) is -0.223. The first-order valence-electron chi connectivity index (χ1n) is 7.93. The summed E-state index contributed by atoms with van der Waals surface area (Å²) in [7, 11) is 0. The SMILES string of the molecule is CC(I)C(F)(F)C(F)(F)C(F)(F)C(F)(F)C(F)(F)C(F)(F)C(F)(F)C(F)(F)C(F)(C(F)(F)F)C(F)(F)F. The summed E-state index contributed by atoms with van der Waals surface area (Å²) in [5, 5.41) is 0. The number of alkyl halides is 24. The first kappa shape index (κ1) is 36.1. The van der Waals surface area contributed by atoms with E-state index in [1.54, 1.807) is 0 Å². The highest BCUT2D eigenvalue weighted by Gasteiger charge is 3.00. The van der Waals surface area contributed by atoms with Gasteiger partial charge in [0, 0.05) is 0 Å². The molecule has 0 aromatic heterocycles. The van der Waals surface area contributed by atoms with Gasteiger partial charge in [-0.3, -0.25) is 0 Å². The fourth-order valence-electron chi connectivity index (χ4n) is 2.18. The Kier molecular flexibility index (Phi) is 8.60. The van der Waals surface area contributed by atoms with Gasteiger partial charge >= 0.3 is 65.4 Å². The van der Waals surface area contributed by atoms with Crippen LogP contribution < -0.4 is 0 Å². The summed E-state index contributed by atoms with van der Waals surface area (Å²) in [4.78, 5) is 0. The van der Waals surface area contributed by atoms with Crippen LogP contribution >= 0.6 is 22.6 Å². The van der Waals surface area contributed by atoms with Crippen molar-refractivity contribution in [3.8, 4) is 0 Å². The maximum atomic E-state index is 13.5. The van der Waals surface area contributed by atoms with Gasteiger partial charge in [-0.15, -0.1) is 0 Å². The summed E-state index contributed by atoms with van der Waals surface area (Å²) >= 11 is 0.0447. The number of rotatable bonds is 9. The minimum atomic E-state index is -9.43. The van der Waals surface area contributed by atoms with E-state index in [-0.39, 0.29) is 29.5 Å². The highest BCUT2D eigenvalue weighted by Crippen LogP contribution is 2.68. The Labute approximate surface area is 200 Å². The van der Waals surface area contributed by atoms with Crippen LogP contribution in [0, 0.1) is 0 Å². The molecule has 0 aromatic rings. The van der Waals surface area contributed by atoms with Crippen LogP contribution in [0.5, 0.6) is 0 Å². The van der Waals surface area contributed by atoms with Crippen molar-refractivity contribution in [3.05, 3.63) is 0 Å². The highest BCUT2D eigenvalue weighted by atomic mass is 127. The Morgan fingerprint density at radius 3 is 0.730 bits per heavy atom. The number of hydrogen-bond acceptors (Lipinski definition) is 0. The Hall–Kier alpha value is -0.880. The van der Waals surface area contributed by atoms with Gasteiger partial charge in [0.1, 0.15) is 0 Å². The molecule has 224 valence electrons. The molecule has 0 amide bonds. The third-order valence-corrected chi connectivity index (χ3v) is 5.28. The van der Waals surface area contributed by atoms with Crippen molar-refractivity contribution < 1.29 is 101 Å². The molecule has 37 heavy (non-hydrogen) atoms. The Balaban J connectivity index is 7.38. The number of hydrogen-bond donors (Lipinski definition) is 0. The molecule has 0 aliphatic heterocycles. The molecule has 1 atom stereocenters. The average Bonchev–Trinajstić information content (AvgIpc) is 2.63. The Bertz CT molecular complexity index is 815. The first-order chi connectivity index (χ1) is 15.4. The molecule has 0 saturated heterocycles. The minimum Gasteiger partial charge on any atom is -0.216 e. The molecule has 0 N–H and O–H groups in total. The summed E-state index contributed by atoms with van der Waals surface area (Å²) in [6, 6.07) is 0. The van der Waals surface area contributed by atoms with E-state index in [0.29, 0.717) is 0 Å². The van der Waals surface area contributed by atoms with Gasteiger partial charge in [0.05, 0.1) is 3.92 Å². The van der Waals surface area contributed by atoms with Gasteiger partial charge in [0.25, 0.3) is 0 Å². The highest BCUT2D eigenvalue weighted by molar-refractivity contribution is 14.1. The van der Waals surface area contributed by atoms with E-state index in [1.807, 2.05) is 0 Å². The van der Waals surface area contributed by atoms with Crippen LogP contribution in [0.3, 0.4) is 0 Å². The van der Waals surface area contributed by atoms with Crippen LogP contribution in [-0.4, -0.2) is 69.3 Å². The van der Waals surface area contributed by atoms with E-state index in [0.717, 1.165) is 0 Å². The van der Waals surface area contributed by atoms with Crippen LogP contribution in [0.1, 0.15) is 6.92 Å². The lowest BCUT2D eigenvalue weighted by Gasteiger charge is -2.46. The van der Waals surface area contributed by atoms with Gasteiger partial charge in [0.2, 0.25) is 0 Å². The molecule has 0 fully saturated rings. The molecule has 24 heteroatoms. The smallest absolute Gasteiger partial charge is 0.216 e. The zero-order chi connectivity index (χ0) is 31.1. The van der Waals surface area contributed by atoms with Crippen molar-refractivity contribution >= 4 is 22.6 Å². The van der Waals surface area contributed by atoms with E-state index in [2.05, 4.69) is 0 Å². The van der Waals surface area contributed by atoms with Crippen molar-refractivity contribution in [2.45, 2.75) is 76.2 Å². The lowest BCUT2D eigenvalue weighted by atomic mass is 9.82. The monoisotopic (exact) mass is 724 g/mol. The third-order valence-electron chi connectivity index (χ3n) is 4.50. The molecule has 0 nitrogen and oxygen atoms in total. The number of halogens is 24. The molecule has 0 aromatic carbocycles. The van der Waals surface area contributed by atoms with E-state index in [9.17, 15) is 101 Å². The molecule has 0 spiro atoms. The summed E-state index contributed by atoms with van der Waals surface area (Å²) in [6.07, 6.45) is -17.0. The minimum absolute atomic E-state index is 0.0447. The molecule has 0 radical (unpaired) electrons. The lowest BCUT2D eigenvalue weighted by Crippen LogP contribution is -2.79. The fourth-order valence-corrected chi connectivity index (χ4v) is 2.57. The van der Waals surface area contributed by atoms with Crippen molar-refractivity contribution in [1.82, 2.24) is 0 Å². The fraction of sp³-hybridized carbons (Fsp3) is 1.00. The third kappa shape index (κ3) is 4.26. The van der Waals surface area contributed by atoms with E-state index in [1.165, 1.54) is 0 Å². The van der Waals surface area contributed by atoms with Crippen molar-refractivity contribution in [1.29, 1.82) is 0 Å². The van der Waals surface area contributed by atoms with Gasteiger partial charge in [-0.05, 0) is 6.92 Å². The normalized spacial score (nSPS) is 17.8. The zero-order valence-electron chi connectivity index (χ0n) is 16.1. The Morgan fingerprint density at radius 1 is 0.351 bits per heavy atom. The molecule has 1 unspecified atom stereocenters. The molecule has 0 bridgehead atoms. The van der Waals surface area contributed by atoms with Crippen LogP contribution in [0.2, 0.25) is 0 Å². The second kappa shape index (κ2) is 8.81. The summed E-state index contributed by atoms with van der Waals surface area (Å²) < 4.78 is 299.